The fraction of sp³-hybridized carbons (Fsp3) is 0.188. The van der Waals surface area contributed by atoms with E-state index in [1.807, 2.05) is 25.1 Å². The van der Waals surface area contributed by atoms with E-state index < -0.39 is 0 Å². The lowest BCUT2D eigenvalue weighted by atomic mass is 9.99. The van der Waals surface area contributed by atoms with Crippen LogP contribution in [-0.4, -0.2) is 19.0 Å². The SMILES string of the molecule is Cc1c(Br)cccc1C(=O)c1ccc2c(c1)OCCO2. The van der Waals surface area contributed by atoms with Gasteiger partial charge in [-0.2, -0.15) is 0 Å². The van der Waals surface area contributed by atoms with Crippen LogP contribution in [0.1, 0.15) is 21.5 Å². The monoisotopic (exact) mass is 332 g/mol. The first kappa shape index (κ1) is 13.2. The van der Waals surface area contributed by atoms with Crippen molar-refractivity contribution in [3.63, 3.8) is 0 Å². The third-order valence-corrected chi connectivity index (χ3v) is 4.18. The van der Waals surface area contributed by atoms with E-state index in [2.05, 4.69) is 15.9 Å². The van der Waals surface area contributed by atoms with Gasteiger partial charge in [-0.05, 0) is 36.8 Å². The highest BCUT2D eigenvalue weighted by Crippen LogP contribution is 2.32. The van der Waals surface area contributed by atoms with Crippen molar-refractivity contribution in [3.8, 4) is 11.5 Å². The molecule has 0 radical (unpaired) electrons. The number of carbonyl (C=O) groups excluding carboxylic acids is 1. The van der Waals surface area contributed by atoms with Crippen molar-refractivity contribution in [3.05, 3.63) is 57.6 Å². The summed E-state index contributed by atoms with van der Waals surface area (Å²) < 4.78 is 11.9. The summed E-state index contributed by atoms with van der Waals surface area (Å²) in [5, 5.41) is 0. The van der Waals surface area contributed by atoms with Crippen molar-refractivity contribution >= 4 is 21.7 Å². The maximum absolute atomic E-state index is 12.6. The molecule has 1 aliphatic rings. The normalized spacial score (nSPS) is 13.1. The van der Waals surface area contributed by atoms with Crippen LogP contribution in [0.3, 0.4) is 0 Å². The van der Waals surface area contributed by atoms with Gasteiger partial charge in [0.25, 0.3) is 0 Å². The number of hydrogen-bond acceptors (Lipinski definition) is 3. The Morgan fingerprint density at radius 1 is 1.10 bits per heavy atom. The number of ketones is 1. The van der Waals surface area contributed by atoms with Gasteiger partial charge in [0.1, 0.15) is 13.2 Å². The lowest BCUT2D eigenvalue weighted by Gasteiger charge is -2.18. The summed E-state index contributed by atoms with van der Waals surface area (Å²) >= 11 is 3.45. The molecule has 3 nitrogen and oxygen atoms in total. The van der Waals surface area contributed by atoms with Gasteiger partial charge >= 0.3 is 0 Å². The smallest absolute Gasteiger partial charge is 0.193 e. The van der Waals surface area contributed by atoms with Crippen LogP contribution in [0, 0.1) is 6.92 Å². The van der Waals surface area contributed by atoms with Gasteiger partial charge in [0.15, 0.2) is 17.3 Å². The molecule has 0 spiro atoms. The summed E-state index contributed by atoms with van der Waals surface area (Å²) in [6, 6.07) is 10.9. The maximum atomic E-state index is 12.6. The zero-order valence-electron chi connectivity index (χ0n) is 11.0. The number of hydrogen-bond donors (Lipinski definition) is 0. The van der Waals surface area contributed by atoms with E-state index in [1.165, 1.54) is 0 Å². The van der Waals surface area contributed by atoms with Gasteiger partial charge in [0.05, 0.1) is 0 Å². The standard InChI is InChI=1S/C16H13BrO3/c1-10-12(3-2-4-13(10)17)16(18)11-5-6-14-15(9-11)20-8-7-19-14/h2-6,9H,7-8H2,1H3. The van der Waals surface area contributed by atoms with Crippen LogP contribution in [-0.2, 0) is 0 Å². The van der Waals surface area contributed by atoms with Gasteiger partial charge in [0, 0.05) is 15.6 Å². The molecule has 1 aliphatic heterocycles. The molecule has 0 amide bonds. The minimum absolute atomic E-state index is 0.0132. The van der Waals surface area contributed by atoms with Gasteiger partial charge in [-0.15, -0.1) is 0 Å². The molecule has 0 unspecified atom stereocenters. The van der Waals surface area contributed by atoms with Crippen molar-refractivity contribution in [2.24, 2.45) is 0 Å². The molecule has 0 bridgehead atoms. The molecule has 20 heavy (non-hydrogen) atoms. The van der Waals surface area contributed by atoms with E-state index in [1.54, 1.807) is 18.2 Å². The van der Waals surface area contributed by atoms with Gasteiger partial charge in [-0.25, -0.2) is 0 Å². The van der Waals surface area contributed by atoms with Crippen LogP contribution in [0.4, 0.5) is 0 Å². The van der Waals surface area contributed by atoms with E-state index in [9.17, 15) is 4.79 Å². The number of carbonyl (C=O) groups is 1. The van der Waals surface area contributed by atoms with Crippen LogP contribution in [0.25, 0.3) is 0 Å². The fourth-order valence-corrected chi connectivity index (χ4v) is 2.56. The van der Waals surface area contributed by atoms with E-state index in [0.717, 1.165) is 10.0 Å². The summed E-state index contributed by atoms with van der Waals surface area (Å²) in [7, 11) is 0. The van der Waals surface area contributed by atoms with E-state index in [4.69, 9.17) is 9.47 Å². The highest BCUT2D eigenvalue weighted by atomic mass is 79.9. The van der Waals surface area contributed by atoms with Crippen LogP contribution in [0.5, 0.6) is 11.5 Å². The average Bonchev–Trinajstić information content (AvgIpc) is 2.49. The van der Waals surface area contributed by atoms with Gasteiger partial charge < -0.3 is 9.47 Å². The Kier molecular flexibility index (Phi) is 3.49. The molecule has 3 rings (SSSR count). The molecule has 0 N–H and O–H groups in total. The quantitative estimate of drug-likeness (QED) is 0.785. The minimum atomic E-state index is -0.0132. The zero-order chi connectivity index (χ0) is 14.1. The lowest BCUT2D eigenvalue weighted by Crippen LogP contribution is -2.16. The number of fused-ring (bicyclic) bond motifs is 1. The Bertz CT molecular complexity index is 679. The molecule has 2 aromatic carbocycles. The van der Waals surface area contributed by atoms with Crippen molar-refractivity contribution in [1.82, 2.24) is 0 Å². The summed E-state index contributed by atoms with van der Waals surface area (Å²) in [5.41, 5.74) is 2.24. The topological polar surface area (TPSA) is 35.5 Å². The Hall–Kier alpha value is -1.81. The molecule has 0 aliphatic carbocycles. The Balaban J connectivity index is 2.00. The second kappa shape index (κ2) is 5.29. The third-order valence-electron chi connectivity index (χ3n) is 3.32. The van der Waals surface area contributed by atoms with Crippen LogP contribution in [0.2, 0.25) is 0 Å². The number of rotatable bonds is 2. The first-order valence-electron chi connectivity index (χ1n) is 6.36. The zero-order valence-corrected chi connectivity index (χ0v) is 12.6. The Morgan fingerprint density at radius 2 is 1.85 bits per heavy atom. The molecular formula is C16H13BrO3. The first-order valence-corrected chi connectivity index (χ1v) is 7.15. The second-order valence-electron chi connectivity index (χ2n) is 4.60. The van der Waals surface area contributed by atoms with E-state index in [0.29, 0.717) is 35.8 Å². The number of halogens is 1. The second-order valence-corrected chi connectivity index (χ2v) is 5.45. The van der Waals surface area contributed by atoms with Crippen LogP contribution < -0.4 is 9.47 Å². The highest BCUT2D eigenvalue weighted by Gasteiger charge is 2.17. The van der Waals surface area contributed by atoms with Crippen molar-refractivity contribution in [1.29, 1.82) is 0 Å². The average molecular weight is 333 g/mol. The van der Waals surface area contributed by atoms with Crippen molar-refractivity contribution in [2.45, 2.75) is 6.92 Å². The molecule has 0 saturated heterocycles. The summed E-state index contributed by atoms with van der Waals surface area (Å²) in [4.78, 5) is 12.6. The van der Waals surface area contributed by atoms with E-state index >= 15 is 0 Å². The Morgan fingerprint density at radius 3 is 2.65 bits per heavy atom. The molecular weight excluding hydrogens is 320 g/mol. The fourth-order valence-electron chi connectivity index (χ4n) is 2.19. The van der Waals surface area contributed by atoms with E-state index in [-0.39, 0.29) is 5.78 Å². The first-order chi connectivity index (χ1) is 9.66. The molecule has 0 atom stereocenters. The number of ether oxygens (including phenoxy) is 2. The molecule has 2 aromatic rings. The minimum Gasteiger partial charge on any atom is -0.486 e. The molecule has 102 valence electrons. The van der Waals surface area contributed by atoms with Gasteiger partial charge in [0.2, 0.25) is 0 Å². The Labute approximate surface area is 125 Å². The number of benzene rings is 2. The molecule has 0 saturated carbocycles. The van der Waals surface area contributed by atoms with Crippen molar-refractivity contribution < 1.29 is 14.3 Å². The summed E-state index contributed by atoms with van der Waals surface area (Å²) in [6.45, 7) is 2.99. The van der Waals surface area contributed by atoms with Crippen LogP contribution >= 0.6 is 15.9 Å². The highest BCUT2D eigenvalue weighted by molar-refractivity contribution is 9.10. The van der Waals surface area contributed by atoms with Crippen molar-refractivity contribution in [2.75, 3.05) is 13.2 Å². The molecule has 0 fully saturated rings. The lowest BCUT2D eigenvalue weighted by molar-refractivity contribution is 0.103. The predicted octanol–water partition coefficient (Wildman–Crippen LogP) is 3.76. The molecule has 1 heterocycles. The largest absolute Gasteiger partial charge is 0.486 e. The predicted molar refractivity (Wildman–Crippen MR) is 79.7 cm³/mol. The maximum Gasteiger partial charge on any atom is 0.193 e. The van der Waals surface area contributed by atoms with Gasteiger partial charge in [-0.3, -0.25) is 4.79 Å². The summed E-state index contributed by atoms with van der Waals surface area (Å²) in [6.07, 6.45) is 0. The molecule has 4 heteroatoms. The summed E-state index contributed by atoms with van der Waals surface area (Å²) in [5.74, 6) is 1.31. The molecule has 0 aromatic heterocycles. The van der Waals surface area contributed by atoms with Gasteiger partial charge in [-0.1, -0.05) is 28.1 Å². The third kappa shape index (κ3) is 2.31. The van der Waals surface area contributed by atoms with Crippen LogP contribution in [0.15, 0.2) is 40.9 Å².